The predicted molar refractivity (Wildman–Crippen MR) is 50.6 cm³/mol. The second-order valence-electron chi connectivity index (χ2n) is 4.66. The lowest BCUT2D eigenvalue weighted by atomic mass is 9.67. The van der Waals surface area contributed by atoms with Crippen molar-refractivity contribution in [1.82, 2.24) is 0 Å². The summed E-state index contributed by atoms with van der Waals surface area (Å²) >= 11 is 0. The molecule has 0 saturated carbocycles. The Bertz CT molecular complexity index is 165. The van der Waals surface area contributed by atoms with Gasteiger partial charge in [0.25, 0.3) is 0 Å². The van der Waals surface area contributed by atoms with Gasteiger partial charge < -0.3 is 0 Å². The van der Waals surface area contributed by atoms with Crippen molar-refractivity contribution in [1.29, 1.82) is 0 Å². The van der Waals surface area contributed by atoms with Gasteiger partial charge in [0, 0.05) is 0 Å². The Morgan fingerprint density at radius 2 is 1.91 bits per heavy atom. The van der Waals surface area contributed by atoms with E-state index in [0.717, 1.165) is 0 Å². The van der Waals surface area contributed by atoms with E-state index < -0.39 is 0 Å². The number of rotatable bonds is 2. The summed E-state index contributed by atoms with van der Waals surface area (Å²) in [6, 6.07) is 0. The van der Waals surface area contributed by atoms with Crippen molar-refractivity contribution < 1.29 is 0 Å². The van der Waals surface area contributed by atoms with Crippen LogP contribution in [0.5, 0.6) is 0 Å². The average Bonchev–Trinajstić information content (AvgIpc) is 2.09. The molecule has 0 heterocycles. The van der Waals surface area contributed by atoms with Crippen LogP contribution in [0.3, 0.4) is 0 Å². The summed E-state index contributed by atoms with van der Waals surface area (Å²) in [4.78, 5) is 0. The number of hydrogen-bond acceptors (Lipinski definition) is 0. The van der Waals surface area contributed by atoms with Crippen molar-refractivity contribution in [3.05, 3.63) is 12.2 Å². The lowest BCUT2D eigenvalue weighted by Gasteiger charge is -2.37. The molecule has 0 nitrogen and oxygen atoms in total. The minimum absolute atomic E-state index is 0.460. The second kappa shape index (κ2) is 2.66. The van der Waals surface area contributed by atoms with Crippen LogP contribution in [-0.2, 0) is 0 Å². The van der Waals surface area contributed by atoms with Crippen LogP contribution in [0, 0.1) is 10.8 Å². The van der Waals surface area contributed by atoms with Crippen molar-refractivity contribution >= 4 is 0 Å². The normalized spacial score (nSPS) is 34.5. The maximum Gasteiger partial charge on any atom is -0.00925 e. The molecule has 0 heteroatoms. The summed E-state index contributed by atoms with van der Waals surface area (Å²) in [5, 5.41) is 0. The molecule has 11 heavy (non-hydrogen) atoms. The first-order valence-electron chi connectivity index (χ1n) is 4.69. The van der Waals surface area contributed by atoms with Gasteiger partial charge in [0.2, 0.25) is 0 Å². The molecule has 0 aromatic rings. The quantitative estimate of drug-likeness (QED) is 0.528. The lowest BCUT2D eigenvalue weighted by molar-refractivity contribution is 0.153. The maximum atomic E-state index is 2.41. The van der Waals surface area contributed by atoms with Crippen LogP contribution in [0.2, 0.25) is 0 Å². The van der Waals surface area contributed by atoms with Gasteiger partial charge in [-0.15, -0.1) is 0 Å². The Labute approximate surface area is 70.7 Å². The van der Waals surface area contributed by atoms with Gasteiger partial charge in [-0.3, -0.25) is 0 Å². The van der Waals surface area contributed by atoms with Crippen molar-refractivity contribution in [2.45, 2.75) is 47.0 Å². The Balaban J connectivity index is 2.75. The van der Waals surface area contributed by atoms with E-state index in [2.05, 4.69) is 39.8 Å². The summed E-state index contributed by atoms with van der Waals surface area (Å²) in [5.41, 5.74) is 0.949. The molecular weight excluding hydrogens is 132 g/mol. The molecule has 0 aromatic carbocycles. The number of hydrogen-bond donors (Lipinski definition) is 0. The van der Waals surface area contributed by atoms with E-state index in [1.54, 1.807) is 0 Å². The van der Waals surface area contributed by atoms with Gasteiger partial charge in [0.05, 0.1) is 0 Å². The minimum Gasteiger partial charge on any atom is -0.0874 e. The van der Waals surface area contributed by atoms with Gasteiger partial charge in [-0.1, -0.05) is 46.3 Å². The van der Waals surface area contributed by atoms with E-state index in [0.29, 0.717) is 10.8 Å². The van der Waals surface area contributed by atoms with Crippen LogP contribution in [0.4, 0.5) is 0 Å². The third-order valence-corrected chi connectivity index (χ3v) is 3.43. The topological polar surface area (TPSA) is 0 Å². The Morgan fingerprint density at radius 1 is 1.27 bits per heavy atom. The van der Waals surface area contributed by atoms with Gasteiger partial charge in [0.1, 0.15) is 0 Å². The smallest absolute Gasteiger partial charge is 0.00925 e. The Kier molecular flexibility index (Phi) is 2.13. The summed E-state index contributed by atoms with van der Waals surface area (Å²) in [5.74, 6) is 0. The SMILES string of the molecule is CCC[C@]1(C)C=CCC1(C)C. The van der Waals surface area contributed by atoms with E-state index in [1.807, 2.05) is 0 Å². The van der Waals surface area contributed by atoms with Crippen LogP contribution in [0.25, 0.3) is 0 Å². The molecule has 1 atom stereocenters. The van der Waals surface area contributed by atoms with E-state index >= 15 is 0 Å². The van der Waals surface area contributed by atoms with E-state index in [9.17, 15) is 0 Å². The van der Waals surface area contributed by atoms with Gasteiger partial charge in [-0.25, -0.2) is 0 Å². The van der Waals surface area contributed by atoms with Gasteiger partial charge >= 0.3 is 0 Å². The van der Waals surface area contributed by atoms with E-state index in [4.69, 9.17) is 0 Å². The first-order chi connectivity index (χ1) is 5.02. The zero-order valence-corrected chi connectivity index (χ0v) is 8.28. The highest BCUT2D eigenvalue weighted by atomic mass is 14.4. The van der Waals surface area contributed by atoms with Crippen LogP contribution >= 0.6 is 0 Å². The Hall–Kier alpha value is -0.260. The van der Waals surface area contributed by atoms with Crippen LogP contribution in [0.15, 0.2) is 12.2 Å². The fourth-order valence-electron chi connectivity index (χ4n) is 2.01. The third-order valence-electron chi connectivity index (χ3n) is 3.43. The van der Waals surface area contributed by atoms with Crippen molar-refractivity contribution in [2.75, 3.05) is 0 Å². The van der Waals surface area contributed by atoms with E-state index in [-0.39, 0.29) is 0 Å². The zero-order valence-electron chi connectivity index (χ0n) is 8.28. The fraction of sp³-hybridized carbons (Fsp3) is 0.818. The standard InChI is InChI=1S/C11H20/c1-5-7-11(4)9-6-8-10(11,2)3/h6,9H,5,7-8H2,1-4H3/t11-/m1/s1. The molecule has 64 valence electrons. The molecule has 0 radical (unpaired) electrons. The summed E-state index contributed by atoms with van der Waals surface area (Å²) in [6.07, 6.45) is 8.64. The monoisotopic (exact) mass is 152 g/mol. The predicted octanol–water partition coefficient (Wildman–Crippen LogP) is 3.78. The number of allylic oxidation sites excluding steroid dienone is 2. The minimum atomic E-state index is 0.460. The first-order valence-corrected chi connectivity index (χ1v) is 4.69. The molecule has 0 amide bonds. The third kappa shape index (κ3) is 1.36. The summed E-state index contributed by atoms with van der Waals surface area (Å²) in [7, 11) is 0. The molecule has 0 unspecified atom stereocenters. The highest BCUT2D eigenvalue weighted by molar-refractivity contribution is 5.13. The molecule has 1 aliphatic carbocycles. The van der Waals surface area contributed by atoms with Crippen LogP contribution in [-0.4, -0.2) is 0 Å². The lowest BCUT2D eigenvalue weighted by Crippen LogP contribution is -2.29. The van der Waals surface area contributed by atoms with Gasteiger partial charge in [0.15, 0.2) is 0 Å². The molecule has 0 bridgehead atoms. The molecule has 0 aliphatic heterocycles. The molecule has 0 aromatic heterocycles. The van der Waals surface area contributed by atoms with Crippen molar-refractivity contribution in [3.63, 3.8) is 0 Å². The van der Waals surface area contributed by atoms with Gasteiger partial charge in [-0.2, -0.15) is 0 Å². The fourth-order valence-corrected chi connectivity index (χ4v) is 2.01. The average molecular weight is 152 g/mol. The van der Waals surface area contributed by atoms with Crippen LogP contribution in [0.1, 0.15) is 47.0 Å². The van der Waals surface area contributed by atoms with Crippen LogP contribution < -0.4 is 0 Å². The van der Waals surface area contributed by atoms with Crippen molar-refractivity contribution in [2.24, 2.45) is 10.8 Å². The first kappa shape index (κ1) is 8.83. The highest BCUT2D eigenvalue weighted by Crippen LogP contribution is 2.50. The molecule has 0 spiro atoms. The molecule has 1 aliphatic rings. The van der Waals surface area contributed by atoms with Crippen molar-refractivity contribution in [3.8, 4) is 0 Å². The molecular formula is C11H20. The molecule has 0 fully saturated rings. The molecule has 0 saturated heterocycles. The van der Waals surface area contributed by atoms with Gasteiger partial charge in [-0.05, 0) is 23.7 Å². The molecule has 1 rings (SSSR count). The Morgan fingerprint density at radius 3 is 2.27 bits per heavy atom. The largest absolute Gasteiger partial charge is 0.0874 e. The second-order valence-corrected chi connectivity index (χ2v) is 4.66. The maximum absolute atomic E-state index is 2.41. The summed E-state index contributed by atoms with van der Waals surface area (Å²) < 4.78 is 0. The highest BCUT2D eigenvalue weighted by Gasteiger charge is 2.40. The van der Waals surface area contributed by atoms with E-state index in [1.165, 1.54) is 19.3 Å². The summed E-state index contributed by atoms with van der Waals surface area (Å²) in [6.45, 7) is 9.42. The molecule has 0 N–H and O–H groups in total. The zero-order chi connectivity index (χ0) is 8.54.